The first-order chi connectivity index (χ1) is 10.0. The molecule has 2 N–H and O–H groups in total. The fraction of sp³-hybridized carbons (Fsp3) is 0.143. The summed E-state index contributed by atoms with van der Waals surface area (Å²) < 4.78 is 5.89. The minimum absolute atomic E-state index is 0.0662. The number of rotatable bonds is 5. The highest BCUT2D eigenvalue weighted by molar-refractivity contribution is 9.10. The van der Waals surface area contributed by atoms with Crippen molar-refractivity contribution in [1.82, 2.24) is 0 Å². The smallest absolute Gasteiger partial charge is 0.270 e. The first-order valence-corrected chi connectivity index (χ1v) is 7.78. The molecule has 0 heterocycles. The highest BCUT2D eigenvalue weighted by atomic mass is 79.9. The number of benzene rings is 2. The first-order valence-electron chi connectivity index (χ1n) is 6.00. The number of thioether (sulfide) groups is 1. The molecule has 2 rings (SSSR count). The van der Waals surface area contributed by atoms with Gasteiger partial charge in [0.25, 0.3) is 5.69 Å². The van der Waals surface area contributed by atoms with Crippen LogP contribution in [0.5, 0.6) is 5.75 Å². The van der Waals surface area contributed by atoms with Crippen LogP contribution >= 0.6 is 27.7 Å². The molecule has 0 aliphatic heterocycles. The van der Waals surface area contributed by atoms with Crippen LogP contribution in [0.1, 0.15) is 5.56 Å². The van der Waals surface area contributed by atoms with E-state index in [1.807, 2.05) is 6.07 Å². The number of nitro groups is 1. The molecule has 0 saturated carbocycles. The van der Waals surface area contributed by atoms with Crippen molar-refractivity contribution in [3.8, 4) is 5.75 Å². The van der Waals surface area contributed by atoms with Crippen molar-refractivity contribution in [2.24, 2.45) is 0 Å². The Morgan fingerprint density at radius 3 is 2.71 bits per heavy atom. The molecule has 0 aliphatic rings. The maximum atomic E-state index is 10.7. The van der Waals surface area contributed by atoms with Crippen LogP contribution in [-0.4, -0.2) is 12.0 Å². The molecule has 5 nitrogen and oxygen atoms in total. The Morgan fingerprint density at radius 2 is 2.10 bits per heavy atom. The van der Waals surface area contributed by atoms with Crippen LogP contribution in [0, 0.1) is 10.1 Å². The molecular weight excluding hydrogens is 356 g/mol. The van der Waals surface area contributed by atoms with E-state index in [9.17, 15) is 10.1 Å². The van der Waals surface area contributed by atoms with Crippen molar-refractivity contribution in [3.05, 3.63) is 56.5 Å². The number of hydrogen-bond donors (Lipinski definition) is 1. The van der Waals surface area contributed by atoms with Crippen molar-refractivity contribution in [2.75, 3.05) is 12.8 Å². The Hall–Kier alpha value is -1.73. The van der Waals surface area contributed by atoms with Crippen LogP contribution in [-0.2, 0) is 5.75 Å². The number of halogens is 1. The predicted molar refractivity (Wildman–Crippen MR) is 87.8 cm³/mol. The number of anilines is 1. The van der Waals surface area contributed by atoms with Gasteiger partial charge in [-0.1, -0.05) is 22.0 Å². The first kappa shape index (κ1) is 15.7. The summed E-state index contributed by atoms with van der Waals surface area (Å²) in [5.41, 5.74) is 7.64. The van der Waals surface area contributed by atoms with Gasteiger partial charge in [0.05, 0.1) is 12.0 Å². The van der Waals surface area contributed by atoms with E-state index in [2.05, 4.69) is 15.9 Å². The lowest BCUT2D eigenvalue weighted by molar-refractivity contribution is -0.384. The zero-order valence-electron chi connectivity index (χ0n) is 11.2. The second-order valence-electron chi connectivity index (χ2n) is 4.23. The molecule has 0 bridgehead atoms. The molecule has 2 aromatic carbocycles. The molecule has 2 aromatic rings. The normalized spacial score (nSPS) is 10.4. The summed E-state index contributed by atoms with van der Waals surface area (Å²) in [5.74, 6) is 1.39. The number of hydrogen-bond acceptors (Lipinski definition) is 5. The van der Waals surface area contributed by atoms with E-state index < -0.39 is 4.92 Å². The monoisotopic (exact) mass is 368 g/mol. The van der Waals surface area contributed by atoms with Gasteiger partial charge >= 0.3 is 0 Å². The lowest BCUT2D eigenvalue weighted by atomic mass is 10.2. The molecule has 0 spiro atoms. The van der Waals surface area contributed by atoms with Gasteiger partial charge in [-0.25, -0.2) is 0 Å². The van der Waals surface area contributed by atoms with Gasteiger partial charge in [0.1, 0.15) is 5.75 Å². The van der Waals surface area contributed by atoms with Crippen molar-refractivity contribution in [3.63, 3.8) is 0 Å². The average Bonchev–Trinajstić information content (AvgIpc) is 2.47. The van der Waals surface area contributed by atoms with Crippen LogP contribution in [0.4, 0.5) is 11.4 Å². The summed E-state index contributed by atoms with van der Waals surface area (Å²) in [7, 11) is 1.60. The van der Waals surface area contributed by atoms with Crippen molar-refractivity contribution in [2.45, 2.75) is 10.6 Å². The Balaban J connectivity index is 2.15. The molecule has 0 aliphatic carbocycles. The molecule has 7 heteroatoms. The summed E-state index contributed by atoms with van der Waals surface area (Å²) >= 11 is 4.92. The number of nitrogens with zero attached hydrogens (tertiary/aromatic N) is 1. The van der Waals surface area contributed by atoms with Gasteiger partial charge in [0.2, 0.25) is 0 Å². The number of ether oxygens (including phenoxy) is 1. The maximum Gasteiger partial charge on any atom is 0.270 e. The predicted octanol–water partition coefficient (Wildman–Crippen LogP) is 4.24. The highest BCUT2D eigenvalue weighted by Crippen LogP contribution is 2.34. The molecule has 21 heavy (non-hydrogen) atoms. The molecule has 0 atom stereocenters. The minimum atomic E-state index is -0.415. The van der Waals surface area contributed by atoms with Crippen LogP contribution in [0.2, 0.25) is 0 Å². The summed E-state index contributed by atoms with van der Waals surface area (Å²) in [5, 5.41) is 10.7. The van der Waals surface area contributed by atoms with Gasteiger partial charge in [0.15, 0.2) is 0 Å². The Bertz CT molecular complexity index is 679. The van der Waals surface area contributed by atoms with E-state index in [0.29, 0.717) is 15.9 Å². The second-order valence-corrected chi connectivity index (χ2v) is 6.10. The highest BCUT2D eigenvalue weighted by Gasteiger charge is 2.10. The Morgan fingerprint density at radius 1 is 1.33 bits per heavy atom. The van der Waals surface area contributed by atoms with Gasteiger partial charge in [0, 0.05) is 32.9 Å². The number of nitro benzene ring substituents is 1. The fourth-order valence-electron chi connectivity index (χ4n) is 1.69. The molecule has 0 radical (unpaired) electrons. The SMILES string of the molecule is COc1ccc(N)c(SCc2ccc([N+](=O)[O-])cc2Br)c1. The second kappa shape index (κ2) is 6.82. The van der Waals surface area contributed by atoms with Crippen molar-refractivity contribution >= 4 is 39.1 Å². The lowest BCUT2D eigenvalue weighted by Gasteiger charge is -2.09. The van der Waals surface area contributed by atoms with E-state index in [1.165, 1.54) is 12.1 Å². The number of nitrogen functional groups attached to an aromatic ring is 1. The number of non-ortho nitro benzene ring substituents is 1. The molecular formula is C14H13BrN2O3S. The van der Waals surface area contributed by atoms with E-state index in [4.69, 9.17) is 10.5 Å². The summed E-state index contributed by atoms with van der Waals surface area (Å²) in [4.78, 5) is 11.2. The van der Waals surface area contributed by atoms with Crippen LogP contribution in [0.3, 0.4) is 0 Å². The van der Waals surface area contributed by atoms with Gasteiger partial charge < -0.3 is 10.5 Å². The van der Waals surface area contributed by atoms with Crippen LogP contribution in [0.15, 0.2) is 45.8 Å². The Labute approximate surface area is 134 Å². The third kappa shape index (κ3) is 3.89. The van der Waals surface area contributed by atoms with E-state index >= 15 is 0 Å². The van der Waals surface area contributed by atoms with Gasteiger partial charge in [-0.2, -0.15) is 0 Å². The largest absolute Gasteiger partial charge is 0.497 e. The van der Waals surface area contributed by atoms with Crippen molar-refractivity contribution < 1.29 is 9.66 Å². The molecule has 0 fully saturated rings. The topological polar surface area (TPSA) is 78.4 Å². The molecule has 110 valence electrons. The quantitative estimate of drug-likeness (QED) is 0.369. The average molecular weight is 369 g/mol. The standard InChI is InChI=1S/C14H13BrN2O3S/c1-20-11-4-5-13(16)14(7-11)21-8-9-2-3-10(17(18)19)6-12(9)15/h2-7H,8,16H2,1H3. The van der Waals surface area contributed by atoms with Crippen LogP contribution in [0.25, 0.3) is 0 Å². The third-order valence-electron chi connectivity index (χ3n) is 2.85. The number of methoxy groups -OCH3 is 1. The molecule has 0 saturated heterocycles. The third-order valence-corrected chi connectivity index (χ3v) is 4.71. The van der Waals surface area contributed by atoms with Crippen LogP contribution < -0.4 is 10.5 Å². The molecule has 0 amide bonds. The van der Waals surface area contributed by atoms with Crippen molar-refractivity contribution in [1.29, 1.82) is 0 Å². The zero-order chi connectivity index (χ0) is 15.4. The van der Waals surface area contributed by atoms with E-state index in [-0.39, 0.29) is 5.69 Å². The fourth-order valence-corrected chi connectivity index (χ4v) is 3.38. The van der Waals surface area contributed by atoms with E-state index in [1.54, 1.807) is 37.1 Å². The lowest BCUT2D eigenvalue weighted by Crippen LogP contribution is -1.92. The maximum absolute atomic E-state index is 10.7. The zero-order valence-corrected chi connectivity index (χ0v) is 13.6. The molecule has 0 unspecified atom stereocenters. The summed E-state index contributed by atoms with van der Waals surface area (Å²) in [6.45, 7) is 0. The number of nitrogens with two attached hydrogens (primary N) is 1. The van der Waals surface area contributed by atoms with Gasteiger partial charge in [-0.05, 0) is 23.8 Å². The van der Waals surface area contributed by atoms with Gasteiger partial charge in [-0.3, -0.25) is 10.1 Å². The minimum Gasteiger partial charge on any atom is -0.497 e. The Kier molecular flexibility index (Phi) is 5.08. The summed E-state index contributed by atoms with van der Waals surface area (Å²) in [6.07, 6.45) is 0. The molecule has 0 aromatic heterocycles. The van der Waals surface area contributed by atoms with Gasteiger partial charge in [-0.15, -0.1) is 11.8 Å². The summed E-state index contributed by atoms with van der Waals surface area (Å²) in [6, 6.07) is 10.2. The van der Waals surface area contributed by atoms with E-state index in [0.717, 1.165) is 16.2 Å².